The van der Waals surface area contributed by atoms with Gasteiger partial charge in [-0.25, -0.2) is 0 Å². The molecule has 0 spiro atoms. The fourth-order valence-corrected chi connectivity index (χ4v) is 3.37. The first-order chi connectivity index (χ1) is 13.7. The van der Waals surface area contributed by atoms with Crippen molar-refractivity contribution in [2.45, 2.75) is 26.3 Å². The van der Waals surface area contributed by atoms with E-state index in [1.807, 2.05) is 48.5 Å². The van der Waals surface area contributed by atoms with Gasteiger partial charge < -0.3 is 11.1 Å². The van der Waals surface area contributed by atoms with Crippen molar-refractivity contribution in [1.82, 2.24) is 0 Å². The average Bonchev–Trinajstić information content (AvgIpc) is 2.74. The zero-order chi connectivity index (χ0) is 19.5. The summed E-state index contributed by atoms with van der Waals surface area (Å²) in [4.78, 5) is 0. The van der Waals surface area contributed by atoms with Crippen molar-refractivity contribution in [3.8, 4) is 0 Å². The summed E-state index contributed by atoms with van der Waals surface area (Å²) in [6.45, 7) is 4.37. The minimum absolute atomic E-state index is 0.414. The second-order valence-corrected chi connectivity index (χ2v) is 7.05. The number of benzene rings is 4. The highest BCUT2D eigenvalue weighted by Gasteiger charge is 2.08. The number of rotatable bonds is 5. The van der Waals surface area contributed by atoms with Gasteiger partial charge in [0.15, 0.2) is 0 Å². The number of anilines is 2. The molecule has 140 valence electrons. The van der Waals surface area contributed by atoms with Gasteiger partial charge in [-0.2, -0.15) is 0 Å². The third-order valence-electron chi connectivity index (χ3n) is 5.12. The molecular formula is C24H24N4. The van der Waals surface area contributed by atoms with Crippen LogP contribution in [0.3, 0.4) is 0 Å². The molecule has 28 heavy (non-hydrogen) atoms. The molecule has 4 rings (SSSR count). The maximum absolute atomic E-state index is 6.10. The summed E-state index contributed by atoms with van der Waals surface area (Å²) in [7, 11) is 0. The first-order valence-corrected chi connectivity index (χ1v) is 9.64. The van der Waals surface area contributed by atoms with Gasteiger partial charge >= 0.3 is 0 Å². The van der Waals surface area contributed by atoms with E-state index in [0.29, 0.717) is 6.04 Å². The van der Waals surface area contributed by atoms with Gasteiger partial charge in [-0.05, 0) is 37.6 Å². The predicted octanol–water partition coefficient (Wildman–Crippen LogP) is 7.20. The minimum Gasteiger partial charge on any atom is -0.398 e. The molecule has 3 N–H and O–H groups in total. The maximum Gasteiger partial charge on any atom is 0.0936 e. The molecule has 4 aromatic carbocycles. The largest absolute Gasteiger partial charge is 0.398 e. The number of fused-ring (bicyclic) bond motifs is 2. The van der Waals surface area contributed by atoms with Crippen molar-refractivity contribution < 1.29 is 0 Å². The molecule has 4 aromatic rings. The van der Waals surface area contributed by atoms with Crippen LogP contribution in [0.4, 0.5) is 22.7 Å². The summed E-state index contributed by atoms with van der Waals surface area (Å²) >= 11 is 0. The SMILES string of the molecule is CCC(C)Nc1ccc(N=Nc2ccc(N)c3ccccc23)c2ccccc12. The molecule has 4 heteroatoms. The van der Waals surface area contributed by atoms with Gasteiger partial charge in [0.25, 0.3) is 0 Å². The first-order valence-electron chi connectivity index (χ1n) is 9.64. The first kappa shape index (κ1) is 18.0. The molecule has 0 bridgehead atoms. The highest BCUT2D eigenvalue weighted by Crippen LogP contribution is 2.35. The Balaban J connectivity index is 1.77. The monoisotopic (exact) mass is 368 g/mol. The lowest BCUT2D eigenvalue weighted by molar-refractivity contribution is 0.765. The molecule has 1 unspecified atom stereocenters. The van der Waals surface area contributed by atoms with Crippen LogP contribution in [0.5, 0.6) is 0 Å². The van der Waals surface area contributed by atoms with E-state index in [2.05, 4.69) is 53.7 Å². The molecular weight excluding hydrogens is 344 g/mol. The molecule has 0 saturated carbocycles. The van der Waals surface area contributed by atoms with Crippen LogP contribution in [0.15, 0.2) is 83.0 Å². The summed E-state index contributed by atoms with van der Waals surface area (Å²) in [5, 5.41) is 17.0. The van der Waals surface area contributed by atoms with Crippen LogP contribution in [-0.2, 0) is 0 Å². The summed E-state index contributed by atoms with van der Waals surface area (Å²) in [6, 6.07) is 24.6. The van der Waals surface area contributed by atoms with E-state index in [-0.39, 0.29) is 0 Å². The highest BCUT2D eigenvalue weighted by atomic mass is 15.1. The Morgan fingerprint density at radius 2 is 1.29 bits per heavy atom. The standard InChI is InChI=1S/C24H24N4/c1-3-16(2)26-22-14-15-24(20-11-7-6-10-19(20)22)28-27-23-13-12-21(25)17-8-4-5-9-18(17)23/h4-16,26H,3,25H2,1-2H3. The van der Waals surface area contributed by atoms with E-state index in [0.717, 1.165) is 50.7 Å². The number of azo groups is 1. The second kappa shape index (κ2) is 7.69. The lowest BCUT2D eigenvalue weighted by Crippen LogP contribution is -2.13. The van der Waals surface area contributed by atoms with E-state index >= 15 is 0 Å². The van der Waals surface area contributed by atoms with Crippen molar-refractivity contribution in [3.63, 3.8) is 0 Å². The number of nitrogen functional groups attached to an aromatic ring is 1. The van der Waals surface area contributed by atoms with Crippen LogP contribution in [0, 0.1) is 0 Å². The molecule has 0 radical (unpaired) electrons. The Morgan fingerprint density at radius 1 is 0.750 bits per heavy atom. The van der Waals surface area contributed by atoms with E-state index in [1.165, 1.54) is 0 Å². The van der Waals surface area contributed by atoms with E-state index in [9.17, 15) is 0 Å². The van der Waals surface area contributed by atoms with Gasteiger partial charge in [0.2, 0.25) is 0 Å². The number of nitrogens with zero attached hydrogens (tertiary/aromatic N) is 2. The van der Waals surface area contributed by atoms with Crippen molar-refractivity contribution in [3.05, 3.63) is 72.8 Å². The molecule has 0 fully saturated rings. The quantitative estimate of drug-likeness (QED) is 0.289. The number of hydrogen-bond acceptors (Lipinski definition) is 4. The molecule has 0 aliphatic carbocycles. The number of nitrogens with two attached hydrogens (primary N) is 1. The van der Waals surface area contributed by atoms with Gasteiger partial charge in [0.1, 0.15) is 0 Å². The van der Waals surface area contributed by atoms with E-state index in [4.69, 9.17) is 5.73 Å². The van der Waals surface area contributed by atoms with Gasteiger partial charge in [-0.15, -0.1) is 10.2 Å². The van der Waals surface area contributed by atoms with Crippen LogP contribution >= 0.6 is 0 Å². The van der Waals surface area contributed by atoms with Crippen LogP contribution in [-0.4, -0.2) is 6.04 Å². The van der Waals surface area contributed by atoms with Gasteiger partial charge in [-0.3, -0.25) is 0 Å². The third-order valence-corrected chi connectivity index (χ3v) is 5.12. The number of nitrogens with one attached hydrogen (secondary N) is 1. The lowest BCUT2D eigenvalue weighted by atomic mass is 10.1. The Hall–Kier alpha value is -3.40. The van der Waals surface area contributed by atoms with Crippen molar-refractivity contribution >= 4 is 44.3 Å². The molecule has 4 nitrogen and oxygen atoms in total. The lowest BCUT2D eigenvalue weighted by Gasteiger charge is -2.15. The maximum atomic E-state index is 6.10. The van der Waals surface area contributed by atoms with Gasteiger partial charge in [0.05, 0.1) is 11.4 Å². The summed E-state index contributed by atoms with van der Waals surface area (Å²) < 4.78 is 0. The van der Waals surface area contributed by atoms with Crippen LogP contribution in [0.2, 0.25) is 0 Å². The molecule has 1 atom stereocenters. The second-order valence-electron chi connectivity index (χ2n) is 7.05. The fourth-order valence-electron chi connectivity index (χ4n) is 3.37. The minimum atomic E-state index is 0.414. The average molecular weight is 368 g/mol. The fraction of sp³-hybridized carbons (Fsp3) is 0.167. The Labute approximate surface area is 165 Å². The van der Waals surface area contributed by atoms with Crippen molar-refractivity contribution in [1.29, 1.82) is 0 Å². The molecule has 0 heterocycles. The zero-order valence-corrected chi connectivity index (χ0v) is 16.2. The Kier molecular flexibility index (Phi) is 4.94. The normalized spacial score (nSPS) is 12.6. The summed E-state index contributed by atoms with van der Waals surface area (Å²) in [6.07, 6.45) is 1.07. The molecule has 0 aliphatic heterocycles. The van der Waals surface area contributed by atoms with Gasteiger partial charge in [0, 0.05) is 39.0 Å². The molecule has 0 saturated heterocycles. The Bertz CT molecular complexity index is 1160. The third kappa shape index (κ3) is 3.41. The highest BCUT2D eigenvalue weighted by molar-refractivity contribution is 6.02. The summed E-state index contributed by atoms with van der Waals surface area (Å²) in [5.41, 5.74) is 9.64. The van der Waals surface area contributed by atoms with Crippen molar-refractivity contribution in [2.75, 3.05) is 11.1 Å². The van der Waals surface area contributed by atoms with Gasteiger partial charge in [-0.1, -0.05) is 55.5 Å². The van der Waals surface area contributed by atoms with Crippen LogP contribution in [0.25, 0.3) is 21.5 Å². The van der Waals surface area contributed by atoms with Crippen LogP contribution in [0.1, 0.15) is 20.3 Å². The molecule has 0 aliphatic rings. The topological polar surface area (TPSA) is 62.8 Å². The molecule has 0 aromatic heterocycles. The number of hydrogen-bond donors (Lipinski definition) is 2. The van der Waals surface area contributed by atoms with E-state index < -0.39 is 0 Å². The zero-order valence-electron chi connectivity index (χ0n) is 16.2. The Morgan fingerprint density at radius 3 is 1.93 bits per heavy atom. The van der Waals surface area contributed by atoms with E-state index in [1.54, 1.807) is 0 Å². The van der Waals surface area contributed by atoms with Crippen molar-refractivity contribution in [2.24, 2.45) is 10.2 Å². The summed E-state index contributed by atoms with van der Waals surface area (Å²) in [5.74, 6) is 0. The smallest absolute Gasteiger partial charge is 0.0936 e. The molecule has 0 amide bonds. The predicted molar refractivity (Wildman–Crippen MR) is 120 cm³/mol. The van der Waals surface area contributed by atoms with Crippen LogP contribution < -0.4 is 11.1 Å².